The summed E-state index contributed by atoms with van der Waals surface area (Å²) in [5, 5.41) is 0. The normalized spacial score (nSPS) is 40.3. The quantitative estimate of drug-likeness (QED) is 0.738. The van der Waals surface area contributed by atoms with Crippen molar-refractivity contribution in [2.75, 3.05) is 6.54 Å². The molecule has 2 aliphatic rings. The van der Waals surface area contributed by atoms with Crippen molar-refractivity contribution in [3.05, 3.63) is 0 Å². The lowest BCUT2D eigenvalue weighted by atomic mass is 9.81. The molecular formula is C12H23NO. The van der Waals surface area contributed by atoms with Gasteiger partial charge < -0.3 is 10.5 Å². The highest BCUT2D eigenvalue weighted by Crippen LogP contribution is 2.42. The van der Waals surface area contributed by atoms with E-state index in [1.165, 1.54) is 44.9 Å². The van der Waals surface area contributed by atoms with E-state index < -0.39 is 0 Å². The van der Waals surface area contributed by atoms with Gasteiger partial charge in [-0.05, 0) is 44.9 Å². The number of hydrogen-bond acceptors (Lipinski definition) is 2. The maximum atomic E-state index is 6.18. The fraction of sp³-hybridized carbons (Fsp3) is 1.00. The van der Waals surface area contributed by atoms with Gasteiger partial charge in [-0.3, -0.25) is 0 Å². The lowest BCUT2D eigenvalue weighted by Crippen LogP contribution is -2.45. The second-order valence-corrected chi connectivity index (χ2v) is 5.16. The standard InChI is InChI=1S/C12H23NO/c1-12(10-5-2-3-6-10)8-4-7-11(9-13)14-12/h10-11H,2-9,13H2,1H3. The highest BCUT2D eigenvalue weighted by molar-refractivity contribution is 4.91. The first-order valence-electron chi connectivity index (χ1n) is 6.12. The number of hydrogen-bond donors (Lipinski definition) is 1. The molecule has 14 heavy (non-hydrogen) atoms. The summed E-state index contributed by atoms with van der Waals surface area (Å²) < 4.78 is 6.18. The molecule has 2 heteroatoms. The molecule has 2 fully saturated rings. The molecule has 0 spiro atoms. The third-order valence-electron chi connectivity index (χ3n) is 4.12. The Morgan fingerprint density at radius 1 is 1.21 bits per heavy atom. The minimum absolute atomic E-state index is 0.152. The van der Waals surface area contributed by atoms with Crippen LogP contribution in [-0.4, -0.2) is 18.2 Å². The van der Waals surface area contributed by atoms with Crippen LogP contribution in [0.15, 0.2) is 0 Å². The molecule has 2 rings (SSSR count). The van der Waals surface area contributed by atoms with Gasteiger partial charge in [-0.1, -0.05) is 12.8 Å². The number of nitrogens with two attached hydrogens (primary N) is 1. The molecule has 1 saturated heterocycles. The molecule has 1 aliphatic heterocycles. The van der Waals surface area contributed by atoms with Gasteiger partial charge >= 0.3 is 0 Å². The SMILES string of the molecule is CC1(C2CCCC2)CCCC(CN)O1. The predicted molar refractivity (Wildman–Crippen MR) is 58.1 cm³/mol. The Bertz CT molecular complexity index is 189. The molecule has 2 atom stereocenters. The van der Waals surface area contributed by atoms with Crippen molar-refractivity contribution in [1.82, 2.24) is 0 Å². The summed E-state index contributed by atoms with van der Waals surface area (Å²) in [4.78, 5) is 0. The zero-order valence-electron chi connectivity index (χ0n) is 9.30. The molecule has 0 aromatic rings. The van der Waals surface area contributed by atoms with Gasteiger partial charge in [-0.25, -0.2) is 0 Å². The Morgan fingerprint density at radius 3 is 2.57 bits per heavy atom. The van der Waals surface area contributed by atoms with Crippen LogP contribution in [0, 0.1) is 5.92 Å². The first-order valence-corrected chi connectivity index (χ1v) is 6.12. The van der Waals surface area contributed by atoms with E-state index in [1.54, 1.807) is 0 Å². The smallest absolute Gasteiger partial charge is 0.0704 e. The molecule has 0 aromatic carbocycles. The van der Waals surface area contributed by atoms with Crippen LogP contribution in [0.5, 0.6) is 0 Å². The molecule has 1 heterocycles. The number of ether oxygens (including phenoxy) is 1. The molecular weight excluding hydrogens is 174 g/mol. The Kier molecular flexibility index (Phi) is 3.13. The fourth-order valence-corrected chi connectivity index (χ4v) is 3.18. The van der Waals surface area contributed by atoms with Gasteiger partial charge in [-0.15, -0.1) is 0 Å². The van der Waals surface area contributed by atoms with Crippen molar-refractivity contribution in [1.29, 1.82) is 0 Å². The molecule has 82 valence electrons. The largest absolute Gasteiger partial charge is 0.370 e. The third kappa shape index (κ3) is 1.96. The van der Waals surface area contributed by atoms with Crippen LogP contribution < -0.4 is 5.73 Å². The highest BCUT2D eigenvalue weighted by atomic mass is 16.5. The maximum absolute atomic E-state index is 6.18. The molecule has 1 aliphatic carbocycles. The minimum atomic E-state index is 0.152. The van der Waals surface area contributed by atoms with E-state index in [9.17, 15) is 0 Å². The first kappa shape index (κ1) is 10.4. The van der Waals surface area contributed by atoms with Crippen molar-refractivity contribution >= 4 is 0 Å². The Morgan fingerprint density at radius 2 is 1.93 bits per heavy atom. The van der Waals surface area contributed by atoms with Crippen LogP contribution in [0.1, 0.15) is 51.9 Å². The van der Waals surface area contributed by atoms with Gasteiger partial charge in [0.05, 0.1) is 11.7 Å². The lowest BCUT2D eigenvalue weighted by Gasteiger charge is -2.42. The van der Waals surface area contributed by atoms with Gasteiger partial charge in [-0.2, -0.15) is 0 Å². The van der Waals surface area contributed by atoms with Crippen LogP contribution >= 0.6 is 0 Å². The zero-order valence-corrected chi connectivity index (χ0v) is 9.30. The van der Waals surface area contributed by atoms with Crippen LogP contribution in [0.4, 0.5) is 0 Å². The predicted octanol–water partition coefficient (Wildman–Crippen LogP) is 2.46. The van der Waals surface area contributed by atoms with Gasteiger partial charge in [0.1, 0.15) is 0 Å². The average Bonchev–Trinajstić information content (AvgIpc) is 2.71. The Labute approximate surface area is 87.2 Å². The van der Waals surface area contributed by atoms with Crippen molar-refractivity contribution in [3.63, 3.8) is 0 Å². The molecule has 0 bridgehead atoms. The van der Waals surface area contributed by atoms with E-state index in [4.69, 9.17) is 10.5 Å². The van der Waals surface area contributed by atoms with E-state index in [0.29, 0.717) is 12.6 Å². The van der Waals surface area contributed by atoms with Crippen LogP contribution in [0.3, 0.4) is 0 Å². The monoisotopic (exact) mass is 197 g/mol. The summed E-state index contributed by atoms with van der Waals surface area (Å²) in [6, 6.07) is 0. The van der Waals surface area contributed by atoms with E-state index >= 15 is 0 Å². The van der Waals surface area contributed by atoms with Crippen molar-refractivity contribution in [3.8, 4) is 0 Å². The highest BCUT2D eigenvalue weighted by Gasteiger charge is 2.40. The molecule has 2 nitrogen and oxygen atoms in total. The molecule has 2 unspecified atom stereocenters. The van der Waals surface area contributed by atoms with E-state index in [0.717, 1.165) is 5.92 Å². The maximum Gasteiger partial charge on any atom is 0.0704 e. The van der Waals surface area contributed by atoms with E-state index in [2.05, 4.69) is 6.92 Å². The fourth-order valence-electron chi connectivity index (χ4n) is 3.18. The summed E-state index contributed by atoms with van der Waals surface area (Å²) in [6.45, 7) is 3.01. The summed E-state index contributed by atoms with van der Waals surface area (Å²) in [5.41, 5.74) is 5.85. The summed E-state index contributed by atoms with van der Waals surface area (Å²) in [6.07, 6.45) is 9.58. The van der Waals surface area contributed by atoms with E-state index in [-0.39, 0.29) is 5.60 Å². The zero-order chi connectivity index (χ0) is 10.0. The van der Waals surface area contributed by atoms with E-state index in [1.807, 2.05) is 0 Å². The van der Waals surface area contributed by atoms with Gasteiger partial charge in [0.2, 0.25) is 0 Å². The van der Waals surface area contributed by atoms with Crippen LogP contribution in [0.25, 0.3) is 0 Å². The molecule has 0 aromatic heterocycles. The third-order valence-corrected chi connectivity index (χ3v) is 4.12. The van der Waals surface area contributed by atoms with Crippen LogP contribution in [0.2, 0.25) is 0 Å². The molecule has 0 amide bonds. The topological polar surface area (TPSA) is 35.2 Å². The van der Waals surface area contributed by atoms with Gasteiger partial charge in [0, 0.05) is 6.54 Å². The van der Waals surface area contributed by atoms with Crippen molar-refractivity contribution in [2.24, 2.45) is 11.7 Å². The van der Waals surface area contributed by atoms with Crippen molar-refractivity contribution in [2.45, 2.75) is 63.6 Å². The molecule has 2 N–H and O–H groups in total. The van der Waals surface area contributed by atoms with Crippen LogP contribution in [-0.2, 0) is 4.74 Å². The second kappa shape index (κ2) is 4.19. The number of rotatable bonds is 2. The molecule has 1 saturated carbocycles. The average molecular weight is 197 g/mol. The second-order valence-electron chi connectivity index (χ2n) is 5.16. The Hall–Kier alpha value is -0.0800. The minimum Gasteiger partial charge on any atom is -0.370 e. The summed E-state index contributed by atoms with van der Waals surface area (Å²) in [5.74, 6) is 0.803. The summed E-state index contributed by atoms with van der Waals surface area (Å²) >= 11 is 0. The van der Waals surface area contributed by atoms with Crippen molar-refractivity contribution < 1.29 is 4.74 Å². The van der Waals surface area contributed by atoms with Gasteiger partial charge in [0.25, 0.3) is 0 Å². The van der Waals surface area contributed by atoms with Gasteiger partial charge in [0.15, 0.2) is 0 Å². The Balaban J connectivity index is 1.98. The molecule has 0 radical (unpaired) electrons. The summed E-state index contributed by atoms with van der Waals surface area (Å²) in [7, 11) is 0. The first-order chi connectivity index (χ1) is 6.74. The lowest BCUT2D eigenvalue weighted by molar-refractivity contribution is -0.143.